The lowest BCUT2D eigenvalue weighted by Crippen LogP contribution is -2.49. The van der Waals surface area contributed by atoms with E-state index in [0.29, 0.717) is 17.7 Å². The second kappa shape index (κ2) is 5.35. The van der Waals surface area contributed by atoms with E-state index >= 15 is 0 Å². The van der Waals surface area contributed by atoms with Crippen LogP contribution in [0.4, 0.5) is 0 Å². The molecular weight excluding hydrogens is 230 g/mol. The topological polar surface area (TPSA) is 65.2 Å². The lowest BCUT2D eigenvalue weighted by Gasteiger charge is -2.36. The summed E-state index contributed by atoms with van der Waals surface area (Å²) >= 11 is 0. The molecule has 2 heterocycles. The van der Waals surface area contributed by atoms with Crippen molar-refractivity contribution in [2.24, 2.45) is 5.92 Å². The van der Waals surface area contributed by atoms with Crippen LogP contribution in [0.25, 0.3) is 0 Å². The zero-order chi connectivity index (χ0) is 13.1. The normalized spacial score (nSPS) is 24.0. The van der Waals surface area contributed by atoms with Crippen molar-refractivity contribution in [3.8, 4) is 0 Å². The Morgan fingerprint density at radius 1 is 1.50 bits per heavy atom. The number of rotatable bonds is 2. The van der Waals surface area contributed by atoms with Crippen LogP contribution in [0.3, 0.4) is 0 Å². The molecule has 2 atom stereocenters. The van der Waals surface area contributed by atoms with Crippen molar-refractivity contribution in [2.45, 2.75) is 19.4 Å². The molecule has 0 bridgehead atoms. The number of aromatic amines is 1. The van der Waals surface area contributed by atoms with E-state index in [1.54, 1.807) is 12.1 Å². The molecule has 1 saturated heterocycles. The molecule has 2 N–H and O–H groups in total. The monoisotopic (exact) mass is 249 g/mol. The molecule has 0 aromatic carbocycles. The number of amides is 1. The molecule has 0 saturated carbocycles. The van der Waals surface area contributed by atoms with E-state index in [9.17, 15) is 9.59 Å². The number of aromatic nitrogens is 1. The van der Waals surface area contributed by atoms with Gasteiger partial charge in [-0.25, -0.2) is 0 Å². The van der Waals surface area contributed by atoms with Gasteiger partial charge in [0.25, 0.3) is 5.91 Å². The Morgan fingerprint density at radius 2 is 2.28 bits per heavy atom. The highest BCUT2D eigenvalue weighted by Crippen LogP contribution is 2.17. The van der Waals surface area contributed by atoms with Crippen molar-refractivity contribution < 1.29 is 4.79 Å². The van der Waals surface area contributed by atoms with E-state index in [-0.39, 0.29) is 11.5 Å². The van der Waals surface area contributed by atoms with Crippen LogP contribution in [0.1, 0.15) is 23.8 Å². The third-order valence-corrected chi connectivity index (χ3v) is 3.56. The molecule has 1 fully saturated rings. The number of likely N-dealkylation sites (tertiary alicyclic amines) is 1. The second-order valence-corrected chi connectivity index (χ2v) is 4.84. The maximum atomic E-state index is 12.2. The summed E-state index contributed by atoms with van der Waals surface area (Å²) in [5.74, 6) is 0.331. The van der Waals surface area contributed by atoms with Crippen molar-refractivity contribution in [1.29, 1.82) is 0 Å². The van der Waals surface area contributed by atoms with E-state index in [1.807, 2.05) is 11.9 Å². The highest BCUT2D eigenvalue weighted by atomic mass is 16.2. The number of carbonyl (C=O) groups excluding carboxylic acids is 1. The number of nitrogens with one attached hydrogen (secondary N) is 2. The number of piperidine rings is 1. The largest absolute Gasteiger partial charge is 0.337 e. The fourth-order valence-electron chi connectivity index (χ4n) is 2.50. The number of carbonyl (C=O) groups is 1. The summed E-state index contributed by atoms with van der Waals surface area (Å²) in [5.41, 5.74) is 0.136. The van der Waals surface area contributed by atoms with Crippen LogP contribution < -0.4 is 10.9 Å². The third-order valence-electron chi connectivity index (χ3n) is 3.56. The number of pyridine rings is 1. The first kappa shape index (κ1) is 12.8. The molecule has 1 amide bonds. The summed E-state index contributed by atoms with van der Waals surface area (Å²) in [4.78, 5) is 27.8. The van der Waals surface area contributed by atoms with Crippen molar-refractivity contribution in [1.82, 2.24) is 15.2 Å². The Kier molecular flexibility index (Phi) is 3.81. The first-order chi connectivity index (χ1) is 8.61. The zero-order valence-electron chi connectivity index (χ0n) is 10.8. The van der Waals surface area contributed by atoms with Crippen LogP contribution in [0.15, 0.2) is 23.0 Å². The van der Waals surface area contributed by atoms with Crippen molar-refractivity contribution >= 4 is 5.91 Å². The van der Waals surface area contributed by atoms with Gasteiger partial charge in [-0.3, -0.25) is 9.59 Å². The quantitative estimate of drug-likeness (QED) is 0.799. The molecule has 5 nitrogen and oxygen atoms in total. The molecule has 1 aliphatic heterocycles. The summed E-state index contributed by atoms with van der Waals surface area (Å²) in [7, 11) is 1.95. The Labute approximate surface area is 106 Å². The van der Waals surface area contributed by atoms with Gasteiger partial charge in [0.05, 0.1) is 0 Å². The second-order valence-electron chi connectivity index (χ2n) is 4.84. The van der Waals surface area contributed by atoms with Gasteiger partial charge in [0.2, 0.25) is 5.56 Å². The van der Waals surface area contributed by atoms with Gasteiger partial charge in [-0.1, -0.05) is 13.0 Å². The van der Waals surface area contributed by atoms with Crippen LogP contribution >= 0.6 is 0 Å². The van der Waals surface area contributed by atoms with Gasteiger partial charge in [-0.05, 0) is 25.5 Å². The average molecular weight is 249 g/mol. The van der Waals surface area contributed by atoms with E-state index in [2.05, 4.69) is 17.2 Å². The lowest BCUT2D eigenvalue weighted by atomic mass is 9.94. The third kappa shape index (κ3) is 2.61. The molecule has 1 aliphatic rings. The van der Waals surface area contributed by atoms with E-state index in [1.165, 1.54) is 6.07 Å². The smallest absolute Gasteiger partial charge is 0.270 e. The van der Waals surface area contributed by atoms with E-state index in [4.69, 9.17) is 0 Å². The van der Waals surface area contributed by atoms with Crippen molar-refractivity contribution in [3.63, 3.8) is 0 Å². The first-order valence-electron chi connectivity index (χ1n) is 6.27. The van der Waals surface area contributed by atoms with Crippen LogP contribution in [-0.4, -0.2) is 42.0 Å². The highest BCUT2D eigenvalue weighted by molar-refractivity contribution is 5.92. The van der Waals surface area contributed by atoms with Crippen molar-refractivity contribution in [3.05, 3.63) is 34.2 Å². The maximum Gasteiger partial charge on any atom is 0.270 e. The highest BCUT2D eigenvalue weighted by Gasteiger charge is 2.28. The maximum absolute atomic E-state index is 12.2. The van der Waals surface area contributed by atoms with Crippen LogP contribution in [0, 0.1) is 5.92 Å². The number of hydrogen-bond acceptors (Lipinski definition) is 3. The van der Waals surface area contributed by atoms with Gasteiger partial charge in [0.1, 0.15) is 5.69 Å². The number of hydrogen-bond donors (Lipinski definition) is 2. The van der Waals surface area contributed by atoms with Crippen LogP contribution in [0.5, 0.6) is 0 Å². The number of H-pyrrole nitrogens is 1. The molecule has 5 heteroatoms. The number of nitrogens with zero attached hydrogens (tertiary/aromatic N) is 1. The van der Waals surface area contributed by atoms with E-state index < -0.39 is 0 Å². The summed E-state index contributed by atoms with van der Waals surface area (Å²) < 4.78 is 0. The molecule has 0 radical (unpaired) electrons. The average Bonchev–Trinajstić information content (AvgIpc) is 2.37. The standard InChI is InChI=1S/C13H19N3O2/c1-9-8-16(7-6-10(9)14-2)13(18)11-4-3-5-12(17)15-11/h3-5,9-10,14H,6-8H2,1-2H3,(H,15,17). The van der Waals surface area contributed by atoms with E-state index in [0.717, 1.165) is 19.5 Å². The minimum Gasteiger partial charge on any atom is -0.337 e. The van der Waals surface area contributed by atoms with Gasteiger partial charge >= 0.3 is 0 Å². The minimum atomic E-state index is -0.237. The molecule has 98 valence electrons. The Bertz CT molecular complexity index is 483. The molecular formula is C13H19N3O2. The SMILES string of the molecule is CNC1CCN(C(=O)c2cccc(=O)[nH]2)CC1C. The van der Waals surface area contributed by atoms with Crippen LogP contribution in [-0.2, 0) is 0 Å². The molecule has 2 unspecified atom stereocenters. The first-order valence-corrected chi connectivity index (χ1v) is 6.27. The molecule has 18 heavy (non-hydrogen) atoms. The molecule has 0 aliphatic carbocycles. The predicted octanol–water partition coefficient (Wildman–Crippen LogP) is 0.445. The fraction of sp³-hybridized carbons (Fsp3) is 0.538. The zero-order valence-corrected chi connectivity index (χ0v) is 10.8. The van der Waals surface area contributed by atoms with Gasteiger partial charge in [-0.2, -0.15) is 0 Å². The molecule has 0 spiro atoms. The van der Waals surface area contributed by atoms with Gasteiger partial charge < -0.3 is 15.2 Å². The Morgan fingerprint density at radius 3 is 2.89 bits per heavy atom. The van der Waals surface area contributed by atoms with Gasteiger partial charge in [-0.15, -0.1) is 0 Å². The van der Waals surface area contributed by atoms with Gasteiger partial charge in [0, 0.05) is 25.2 Å². The molecule has 1 aromatic heterocycles. The Hall–Kier alpha value is -1.62. The van der Waals surface area contributed by atoms with Crippen molar-refractivity contribution in [2.75, 3.05) is 20.1 Å². The van der Waals surface area contributed by atoms with Crippen LogP contribution in [0.2, 0.25) is 0 Å². The minimum absolute atomic E-state index is 0.0888. The fourth-order valence-corrected chi connectivity index (χ4v) is 2.50. The van der Waals surface area contributed by atoms with Gasteiger partial charge in [0.15, 0.2) is 0 Å². The Balaban J connectivity index is 2.09. The predicted molar refractivity (Wildman–Crippen MR) is 69.6 cm³/mol. The summed E-state index contributed by atoms with van der Waals surface area (Å²) in [6, 6.07) is 5.13. The summed E-state index contributed by atoms with van der Waals surface area (Å²) in [5, 5.41) is 3.27. The molecule has 1 aromatic rings. The molecule has 2 rings (SSSR count). The summed E-state index contributed by atoms with van der Waals surface area (Å²) in [6.45, 7) is 3.58. The summed E-state index contributed by atoms with van der Waals surface area (Å²) in [6.07, 6.45) is 0.945. The lowest BCUT2D eigenvalue weighted by molar-refractivity contribution is 0.0643.